The Hall–Kier alpha value is -1.75. The van der Waals surface area contributed by atoms with Crippen molar-refractivity contribution in [3.63, 3.8) is 0 Å². The Balaban J connectivity index is 2.18. The van der Waals surface area contributed by atoms with E-state index in [9.17, 15) is 4.39 Å². The molecule has 0 aliphatic carbocycles. The Bertz CT molecular complexity index is 438. The molecule has 0 aliphatic heterocycles. The second-order valence-corrected chi connectivity index (χ2v) is 3.17. The molecule has 0 amide bonds. The van der Waals surface area contributed by atoms with E-state index in [1.807, 2.05) is 0 Å². The molecule has 0 fully saturated rings. The van der Waals surface area contributed by atoms with Gasteiger partial charge in [0.1, 0.15) is 5.82 Å². The average Bonchev–Trinajstić information content (AvgIpc) is 2.69. The van der Waals surface area contributed by atoms with E-state index in [1.165, 1.54) is 18.3 Å². The molecule has 2 aromatic rings. The maximum absolute atomic E-state index is 12.6. The maximum Gasteiger partial charge on any atom is 0.123 e. The summed E-state index contributed by atoms with van der Waals surface area (Å²) in [7, 11) is 0. The number of halogens is 1. The highest BCUT2D eigenvalue weighted by molar-refractivity contribution is 5.16. The molecule has 4 nitrogen and oxygen atoms in total. The molecule has 0 saturated carbocycles. The zero-order valence-electron chi connectivity index (χ0n) is 7.97. The highest BCUT2D eigenvalue weighted by Gasteiger charge is 2.03. The first kappa shape index (κ1) is 9.79. The Labute approximate surface area is 86.0 Å². The Morgan fingerprint density at radius 3 is 2.67 bits per heavy atom. The number of aliphatic hydroxyl groups excluding tert-OH is 1. The van der Waals surface area contributed by atoms with Crippen LogP contribution in [-0.2, 0) is 13.2 Å². The van der Waals surface area contributed by atoms with Crippen molar-refractivity contribution in [2.45, 2.75) is 13.2 Å². The number of rotatable bonds is 3. The SMILES string of the molecule is OCc1cnnn1Cc1ccc(F)cc1. The lowest BCUT2D eigenvalue weighted by Gasteiger charge is -2.03. The summed E-state index contributed by atoms with van der Waals surface area (Å²) in [6, 6.07) is 6.14. The normalized spacial score (nSPS) is 10.5. The van der Waals surface area contributed by atoms with Crippen molar-refractivity contribution in [3.8, 4) is 0 Å². The second-order valence-electron chi connectivity index (χ2n) is 3.17. The first-order valence-electron chi connectivity index (χ1n) is 4.52. The average molecular weight is 207 g/mol. The lowest BCUT2D eigenvalue weighted by Crippen LogP contribution is -2.06. The molecule has 1 N–H and O–H groups in total. The minimum absolute atomic E-state index is 0.103. The molecule has 1 aromatic carbocycles. The van der Waals surface area contributed by atoms with Crippen molar-refractivity contribution in [1.29, 1.82) is 0 Å². The van der Waals surface area contributed by atoms with Crippen LogP contribution in [0.5, 0.6) is 0 Å². The van der Waals surface area contributed by atoms with Gasteiger partial charge in [-0.3, -0.25) is 0 Å². The van der Waals surface area contributed by atoms with Crippen LogP contribution in [0, 0.1) is 5.82 Å². The van der Waals surface area contributed by atoms with Crippen LogP contribution in [-0.4, -0.2) is 20.1 Å². The van der Waals surface area contributed by atoms with Crippen LogP contribution in [0.15, 0.2) is 30.5 Å². The van der Waals surface area contributed by atoms with Gasteiger partial charge in [-0.2, -0.15) is 0 Å². The van der Waals surface area contributed by atoms with Gasteiger partial charge >= 0.3 is 0 Å². The van der Waals surface area contributed by atoms with Crippen LogP contribution in [0.1, 0.15) is 11.3 Å². The molecule has 78 valence electrons. The molecule has 0 saturated heterocycles. The predicted octanol–water partition coefficient (Wildman–Crippen LogP) is 0.958. The van der Waals surface area contributed by atoms with Crippen molar-refractivity contribution in [1.82, 2.24) is 15.0 Å². The summed E-state index contributed by atoms with van der Waals surface area (Å²) in [6.45, 7) is 0.379. The quantitative estimate of drug-likeness (QED) is 0.815. The molecule has 0 unspecified atom stereocenters. The van der Waals surface area contributed by atoms with Gasteiger partial charge in [0, 0.05) is 0 Å². The summed E-state index contributed by atoms with van der Waals surface area (Å²) >= 11 is 0. The molecular formula is C10H10FN3O. The standard InChI is InChI=1S/C10H10FN3O/c11-9-3-1-8(2-4-9)6-14-10(7-15)5-12-13-14/h1-5,15H,6-7H2. The van der Waals surface area contributed by atoms with Gasteiger partial charge in [0.05, 0.1) is 25.0 Å². The molecule has 0 atom stereocenters. The van der Waals surface area contributed by atoms with E-state index in [-0.39, 0.29) is 12.4 Å². The fraction of sp³-hybridized carbons (Fsp3) is 0.200. The topological polar surface area (TPSA) is 50.9 Å². The fourth-order valence-corrected chi connectivity index (χ4v) is 1.30. The molecular weight excluding hydrogens is 197 g/mol. The van der Waals surface area contributed by atoms with E-state index >= 15 is 0 Å². The van der Waals surface area contributed by atoms with Gasteiger partial charge in [-0.1, -0.05) is 17.3 Å². The smallest absolute Gasteiger partial charge is 0.123 e. The van der Waals surface area contributed by atoms with Gasteiger partial charge < -0.3 is 5.11 Å². The molecule has 0 spiro atoms. The van der Waals surface area contributed by atoms with E-state index in [4.69, 9.17) is 5.11 Å². The largest absolute Gasteiger partial charge is 0.390 e. The van der Waals surface area contributed by atoms with Crippen molar-refractivity contribution in [2.24, 2.45) is 0 Å². The molecule has 2 rings (SSSR count). The van der Waals surface area contributed by atoms with Gasteiger partial charge in [-0.15, -0.1) is 5.10 Å². The van der Waals surface area contributed by atoms with E-state index in [0.29, 0.717) is 12.2 Å². The highest BCUT2D eigenvalue weighted by atomic mass is 19.1. The Kier molecular flexibility index (Phi) is 2.73. The van der Waals surface area contributed by atoms with E-state index in [2.05, 4.69) is 10.3 Å². The van der Waals surface area contributed by atoms with Crippen LogP contribution in [0.4, 0.5) is 4.39 Å². The summed E-state index contributed by atoms with van der Waals surface area (Å²) in [5.74, 6) is -0.264. The Morgan fingerprint density at radius 2 is 2.00 bits per heavy atom. The first-order valence-corrected chi connectivity index (χ1v) is 4.52. The predicted molar refractivity (Wildman–Crippen MR) is 51.4 cm³/mol. The lowest BCUT2D eigenvalue weighted by atomic mass is 10.2. The van der Waals surface area contributed by atoms with Gasteiger partial charge in [0.2, 0.25) is 0 Å². The van der Waals surface area contributed by atoms with Crippen molar-refractivity contribution >= 4 is 0 Å². The Morgan fingerprint density at radius 1 is 1.27 bits per heavy atom. The number of hydrogen-bond donors (Lipinski definition) is 1. The minimum Gasteiger partial charge on any atom is -0.390 e. The summed E-state index contributed by atoms with van der Waals surface area (Å²) < 4.78 is 14.2. The molecule has 15 heavy (non-hydrogen) atoms. The summed E-state index contributed by atoms with van der Waals surface area (Å²) in [5.41, 5.74) is 1.55. The van der Waals surface area contributed by atoms with Gasteiger partial charge in [0.15, 0.2) is 0 Å². The highest BCUT2D eigenvalue weighted by Crippen LogP contribution is 2.06. The fourth-order valence-electron chi connectivity index (χ4n) is 1.30. The molecule has 5 heteroatoms. The number of aromatic nitrogens is 3. The zero-order valence-corrected chi connectivity index (χ0v) is 7.97. The molecule has 1 aromatic heterocycles. The maximum atomic E-state index is 12.6. The van der Waals surface area contributed by atoms with Gasteiger partial charge in [-0.25, -0.2) is 9.07 Å². The third kappa shape index (κ3) is 2.19. The minimum atomic E-state index is -0.264. The number of benzene rings is 1. The van der Waals surface area contributed by atoms with Crippen LogP contribution in [0.25, 0.3) is 0 Å². The van der Waals surface area contributed by atoms with Crippen LogP contribution in [0.3, 0.4) is 0 Å². The van der Waals surface area contributed by atoms with Gasteiger partial charge in [-0.05, 0) is 17.7 Å². The monoisotopic (exact) mass is 207 g/mol. The molecule has 1 heterocycles. The van der Waals surface area contributed by atoms with E-state index in [1.54, 1.807) is 16.8 Å². The first-order chi connectivity index (χ1) is 7.29. The van der Waals surface area contributed by atoms with Gasteiger partial charge in [0.25, 0.3) is 0 Å². The van der Waals surface area contributed by atoms with E-state index < -0.39 is 0 Å². The molecule has 0 radical (unpaired) electrons. The molecule has 0 bridgehead atoms. The number of hydrogen-bond acceptors (Lipinski definition) is 3. The van der Waals surface area contributed by atoms with Crippen LogP contribution >= 0.6 is 0 Å². The number of nitrogens with zero attached hydrogens (tertiary/aromatic N) is 3. The third-order valence-electron chi connectivity index (χ3n) is 2.11. The zero-order chi connectivity index (χ0) is 10.7. The van der Waals surface area contributed by atoms with Crippen molar-refractivity contribution in [2.75, 3.05) is 0 Å². The van der Waals surface area contributed by atoms with Crippen molar-refractivity contribution < 1.29 is 9.50 Å². The molecule has 0 aliphatic rings. The number of aliphatic hydroxyl groups is 1. The second kappa shape index (κ2) is 4.18. The third-order valence-corrected chi connectivity index (χ3v) is 2.11. The lowest BCUT2D eigenvalue weighted by molar-refractivity contribution is 0.269. The van der Waals surface area contributed by atoms with Crippen LogP contribution in [0.2, 0.25) is 0 Å². The van der Waals surface area contributed by atoms with E-state index in [0.717, 1.165) is 5.56 Å². The van der Waals surface area contributed by atoms with Crippen LogP contribution < -0.4 is 0 Å². The summed E-state index contributed by atoms with van der Waals surface area (Å²) in [4.78, 5) is 0. The summed E-state index contributed by atoms with van der Waals surface area (Å²) in [6.07, 6.45) is 1.50. The summed E-state index contributed by atoms with van der Waals surface area (Å²) in [5, 5.41) is 16.5. The van der Waals surface area contributed by atoms with Crippen molar-refractivity contribution in [3.05, 3.63) is 47.5 Å².